The SMILES string of the molecule is CC/C=C\C/C=C\C/C=C\C/C=C\C/C=C\CCCC(=O)OC(=O)C(CCC(=O)O)NC1OC1c1ccccc1OC(=O)c1ccccc1OC(C)=O. The lowest BCUT2D eigenvalue weighted by Crippen LogP contribution is -2.41. The molecule has 3 rings (SSSR count). The third-order valence-corrected chi connectivity index (χ3v) is 7.70. The average Bonchev–Trinajstić information content (AvgIpc) is 3.90. The fraction of sp³-hybridized carbons (Fsp3) is 0.357. The van der Waals surface area contributed by atoms with E-state index in [9.17, 15) is 29.1 Å². The number of allylic oxidation sites excluding steroid dienone is 10. The maximum absolute atomic E-state index is 13.0. The van der Waals surface area contributed by atoms with Crippen LogP contribution in [0.4, 0.5) is 0 Å². The van der Waals surface area contributed by atoms with Gasteiger partial charge in [0, 0.05) is 25.3 Å². The van der Waals surface area contributed by atoms with Crippen LogP contribution in [-0.4, -0.2) is 47.2 Å². The summed E-state index contributed by atoms with van der Waals surface area (Å²) >= 11 is 0. The van der Waals surface area contributed by atoms with Gasteiger partial charge in [0.25, 0.3) is 0 Å². The molecule has 1 aliphatic rings. The molecule has 0 amide bonds. The van der Waals surface area contributed by atoms with Gasteiger partial charge in [-0.15, -0.1) is 0 Å². The van der Waals surface area contributed by atoms with Crippen LogP contribution in [0.25, 0.3) is 0 Å². The first-order valence-electron chi connectivity index (χ1n) is 17.9. The van der Waals surface area contributed by atoms with Crippen LogP contribution in [0.2, 0.25) is 0 Å². The Morgan fingerprint density at radius 3 is 1.98 bits per heavy atom. The van der Waals surface area contributed by atoms with Crippen molar-refractivity contribution in [2.24, 2.45) is 0 Å². The number of nitrogens with one attached hydrogen (secondary N) is 1. The van der Waals surface area contributed by atoms with Gasteiger partial charge in [0.05, 0.1) is 0 Å². The van der Waals surface area contributed by atoms with Crippen molar-refractivity contribution in [1.82, 2.24) is 5.32 Å². The quantitative estimate of drug-likeness (QED) is 0.0285. The molecule has 3 atom stereocenters. The number of para-hydroxylation sites is 2. The van der Waals surface area contributed by atoms with Crippen LogP contribution in [0.1, 0.15) is 100 Å². The number of aliphatic carboxylic acids is 1. The van der Waals surface area contributed by atoms with E-state index in [-0.39, 0.29) is 36.3 Å². The Balaban J connectivity index is 1.43. The second kappa shape index (κ2) is 24.0. The number of carbonyl (C=O) groups excluding carboxylic acids is 4. The zero-order valence-corrected chi connectivity index (χ0v) is 30.3. The molecule has 1 heterocycles. The van der Waals surface area contributed by atoms with Crippen LogP contribution < -0.4 is 14.8 Å². The molecular formula is C42H49NO10. The van der Waals surface area contributed by atoms with Crippen molar-refractivity contribution in [3.05, 3.63) is 120 Å². The van der Waals surface area contributed by atoms with E-state index in [1.165, 1.54) is 19.1 Å². The molecule has 1 saturated heterocycles. The van der Waals surface area contributed by atoms with Crippen molar-refractivity contribution < 1.29 is 48.0 Å². The van der Waals surface area contributed by atoms with Gasteiger partial charge in [-0.25, -0.2) is 9.59 Å². The number of benzene rings is 2. The number of ether oxygens (including phenoxy) is 4. The third-order valence-electron chi connectivity index (χ3n) is 7.70. The Labute approximate surface area is 311 Å². The first kappa shape index (κ1) is 42.0. The molecule has 11 nitrogen and oxygen atoms in total. The van der Waals surface area contributed by atoms with Crippen molar-refractivity contribution in [1.29, 1.82) is 0 Å². The topological polar surface area (TPSA) is 158 Å². The molecular weight excluding hydrogens is 678 g/mol. The highest BCUT2D eigenvalue weighted by atomic mass is 16.6. The molecule has 2 N–H and O–H groups in total. The standard InChI is InChI=1S/C42H49NO10/c1-3-4-5-6-7-8-9-10-11-12-13-14-15-16-17-18-19-28-38(47)52-42(49)34(29-30-37(45)46)43-40-39(53-40)32-24-20-22-26-35(32)51-41(48)33-25-21-23-27-36(33)50-31(2)44/h4-5,7-8,10-11,13-14,16-17,20-27,34,39-40,43H,3,6,9,12,15,18-19,28-30H2,1-2H3,(H,45,46)/b5-4-,8-7-,11-10-,14-13-,17-16-. The summed E-state index contributed by atoms with van der Waals surface area (Å²) in [6.07, 6.45) is 24.9. The number of epoxide rings is 1. The van der Waals surface area contributed by atoms with E-state index in [1.54, 1.807) is 36.4 Å². The number of carboxylic acids is 1. The zero-order valence-electron chi connectivity index (χ0n) is 30.3. The smallest absolute Gasteiger partial charge is 0.347 e. The molecule has 1 fully saturated rings. The molecule has 0 saturated carbocycles. The summed E-state index contributed by atoms with van der Waals surface area (Å²) < 4.78 is 21.6. The van der Waals surface area contributed by atoms with E-state index < -0.39 is 48.2 Å². The fourth-order valence-electron chi connectivity index (χ4n) is 5.02. The summed E-state index contributed by atoms with van der Waals surface area (Å²) in [6.45, 7) is 3.34. The number of rotatable bonds is 23. The van der Waals surface area contributed by atoms with E-state index in [0.29, 0.717) is 18.4 Å². The van der Waals surface area contributed by atoms with Crippen LogP contribution >= 0.6 is 0 Å². The summed E-state index contributed by atoms with van der Waals surface area (Å²) in [5.41, 5.74) is 0.530. The lowest BCUT2D eigenvalue weighted by Gasteiger charge is -2.15. The van der Waals surface area contributed by atoms with Crippen molar-refractivity contribution in [2.75, 3.05) is 0 Å². The van der Waals surface area contributed by atoms with Gasteiger partial charge in [0.2, 0.25) is 0 Å². The lowest BCUT2D eigenvalue weighted by molar-refractivity contribution is -0.161. The van der Waals surface area contributed by atoms with E-state index in [4.69, 9.17) is 18.9 Å². The highest BCUT2D eigenvalue weighted by Crippen LogP contribution is 2.42. The molecule has 11 heteroatoms. The predicted octanol–water partition coefficient (Wildman–Crippen LogP) is 8.04. The Bertz CT molecular complexity index is 1670. The van der Waals surface area contributed by atoms with Gasteiger partial charge in [-0.05, 0) is 69.6 Å². The average molecular weight is 728 g/mol. The zero-order chi connectivity index (χ0) is 38.3. The maximum atomic E-state index is 13.0. The van der Waals surface area contributed by atoms with E-state index >= 15 is 0 Å². The summed E-state index contributed by atoms with van der Waals surface area (Å²) in [7, 11) is 0. The van der Waals surface area contributed by atoms with Gasteiger partial charge in [-0.3, -0.25) is 19.7 Å². The van der Waals surface area contributed by atoms with Gasteiger partial charge in [0.1, 0.15) is 35.4 Å². The maximum Gasteiger partial charge on any atom is 0.347 e. The largest absolute Gasteiger partial charge is 0.481 e. The highest BCUT2D eigenvalue weighted by Gasteiger charge is 2.45. The number of carboxylic acid groups (broad SMARTS) is 1. The number of carbonyl (C=O) groups is 5. The van der Waals surface area contributed by atoms with Crippen LogP contribution in [0, 0.1) is 0 Å². The van der Waals surface area contributed by atoms with E-state index in [2.05, 4.69) is 60.8 Å². The molecule has 3 unspecified atom stereocenters. The van der Waals surface area contributed by atoms with Gasteiger partial charge in [-0.2, -0.15) is 0 Å². The monoisotopic (exact) mass is 727 g/mol. The molecule has 0 aromatic heterocycles. The Morgan fingerprint density at radius 1 is 0.774 bits per heavy atom. The van der Waals surface area contributed by atoms with Crippen molar-refractivity contribution in [3.8, 4) is 11.5 Å². The third kappa shape index (κ3) is 16.7. The molecule has 2 aromatic rings. The minimum atomic E-state index is -1.14. The first-order valence-corrected chi connectivity index (χ1v) is 17.9. The van der Waals surface area contributed by atoms with Crippen molar-refractivity contribution in [2.45, 2.75) is 96.4 Å². The van der Waals surface area contributed by atoms with Crippen LogP contribution in [-0.2, 0) is 28.7 Å². The van der Waals surface area contributed by atoms with E-state index in [0.717, 1.165) is 32.1 Å². The first-order chi connectivity index (χ1) is 25.7. The van der Waals surface area contributed by atoms with Crippen LogP contribution in [0.15, 0.2) is 109 Å². The molecule has 0 spiro atoms. The Morgan fingerprint density at radius 2 is 1.36 bits per heavy atom. The Kier molecular flexibility index (Phi) is 19.0. The molecule has 0 aliphatic carbocycles. The van der Waals surface area contributed by atoms with Gasteiger partial charge >= 0.3 is 29.8 Å². The van der Waals surface area contributed by atoms with Gasteiger partial charge < -0.3 is 24.1 Å². The minimum Gasteiger partial charge on any atom is -0.481 e. The van der Waals surface area contributed by atoms with Crippen LogP contribution in [0.3, 0.4) is 0 Å². The summed E-state index contributed by atoms with van der Waals surface area (Å²) in [4.78, 5) is 61.2. The number of hydrogen-bond acceptors (Lipinski definition) is 10. The van der Waals surface area contributed by atoms with Gasteiger partial charge in [-0.1, -0.05) is 98.0 Å². The predicted molar refractivity (Wildman–Crippen MR) is 200 cm³/mol. The van der Waals surface area contributed by atoms with Gasteiger partial charge in [0.15, 0.2) is 0 Å². The minimum absolute atomic E-state index is 0.0214. The molecule has 1 aliphatic heterocycles. The normalized spacial score (nSPS) is 16.1. The second-order valence-electron chi connectivity index (χ2n) is 12.0. The van der Waals surface area contributed by atoms with E-state index in [1.807, 2.05) is 12.2 Å². The molecule has 53 heavy (non-hydrogen) atoms. The number of esters is 4. The molecule has 0 bridgehead atoms. The molecule has 0 radical (unpaired) electrons. The summed E-state index contributed by atoms with van der Waals surface area (Å²) in [6, 6.07) is 11.6. The van der Waals surface area contributed by atoms with Crippen molar-refractivity contribution in [3.63, 3.8) is 0 Å². The highest BCUT2D eigenvalue weighted by molar-refractivity contribution is 5.95. The number of hydrogen-bond donors (Lipinski definition) is 2. The molecule has 282 valence electrons. The van der Waals surface area contributed by atoms with Crippen molar-refractivity contribution >= 4 is 29.8 Å². The van der Waals surface area contributed by atoms with Crippen LogP contribution in [0.5, 0.6) is 11.5 Å². The number of unbranched alkanes of at least 4 members (excludes halogenated alkanes) is 1. The summed E-state index contributed by atoms with van der Waals surface area (Å²) in [5.74, 6) is -3.85. The lowest BCUT2D eigenvalue weighted by atomic mass is 10.1. The summed E-state index contributed by atoms with van der Waals surface area (Å²) in [5, 5.41) is 12.2. The molecule has 2 aromatic carbocycles. The second-order valence-corrected chi connectivity index (χ2v) is 12.0. The Hall–Kier alpha value is -5.39. The fourth-order valence-corrected chi connectivity index (χ4v) is 5.02.